The Morgan fingerprint density at radius 1 is 1.15 bits per heavy atom. The summed E-state index contributed by atoms with van der Waals surface area (Å²) < 4.78 is 47.5. The van der Waals surface area contributed by atoms with Crippen LogP contribution in [0.25, 0.3) is 0 Å². The third kappa shape index (κ3) is 6.93. The molecule has 1 aliphatic rings. The second-order valence-corrected chi connectivity index (χ2v) is 8.42. The van der Waals surface area contributed by atoms with Gasteiger partial charge in [-0.3, -0.25) is 5.32 Å². The minimum Gasteiger partial charge on any atom is -0.488 e. The number of hydrogen-bond acceptors (Lipinski definition) is 3. The molecule has 2 rings (SSSR count). The molecule has 10 heteroatoms. The number of carbonyl (C=O) groups is 1. The van der Waals surface area contributed by atoms with Crippen LogP contribution >= 0.6 is 34.8 Å². The number of benzene rings is 1. The summed E-state index contributed by atoms with van der Waals surface area (Å²) >= 11 is 16.4. The number of ether oxygens (including phenoxy) is 2. The standard InChI is InChI=1S/C16H17Cl3F3NO3/c17-15(18,19)9-25-14(24)23-12-8-10(16(20,21)22)6-7-13(12)26-11-4-2-1-3-5-11/h6-8,11H,1-5,9H2,(H,23,24). The van der Waals surface area contributed by atoms with Crippen LogP contribution in [0.15, 0.2) is 18.2 Å². The van der Waals surface area contributed by atoms with E-state index in [1.54, 1.807) is 0 Å². The van der Waals surface area contributed by atoms with Gasteiger partial charge in [-0.2, -0.15) is 13.2 Å². The van der Waals surface area contributed by atoms with Gasteiger partial charge in [-0.25, -0.2) is 4.79 Å². The summed E-state index contributed by atoms with van der Waals surface area (Å²) in [6, 6.07) is 2.87. The number of amides is 1. The van der Waals surface area contributed by atoms with Crippen molar-refractivity contribution in [3.8, 4) is 5.75 Å². The normalized spacial score (nSPS) is 16.2. The lowest BCUT2D eigenvalue weighted by molar-refractivity contribution is -0.137. The Morgan fingerprint density at radius 3 is 2.38 bits per heavy atom. The zero-order valence-corrected chi connectivity index (χ0v) is 15.8. The van der Waals surface area contributed by atoms with Crippen molar-refractivity contribution in [3.63, 3.8) is 0 Å². The summed E-state index contributed by atoms with van der Waals surface area (Å²) in [7, 11) is 0. The van der Waals surface area contributed by atoms with E-state index in [0.717, 1.165) is 44.2 Å². The maximum atomic E-state index is 13.0. The maximum absolute atomic E-state index is 13.0. The topological polar surface area (TPSA) is 47.6 Å². The lowest BCUT2D eigenvalue weighted by atomic mass is 9.98. The van der Waals surface area contributed by atoms with Crippen LogP contribution in [0, 0.1) is 0 Å². The minimum atomic E-state index is -4.57. The highest BCUT2D eigenvalue weighted by Gasteiger charge is 2.32. The summed E-state index contributed by atoms with van der Waals surface area (Å²) in [6.07, 6.45) is -1.06. The molecule has 0 bridgehead atoms. The van der Waals surface area contributed by atoms with E-state index in [2.05, 4.69) is 5.32 Å². The fourth-order valence-electron chi connectivity index (χ4n) is 2.56. The van der Waals surface area contributed by atoms with E-state index in [-0.39, 0.29) is 17.5 Å². The van der Waals surface area contributed by atoms with Crippen molar-refractivity contribution in [2.45, 2.75) is 48.2 Å². The van der Waals surface area contributed by atoms with E-state index in [0.29, 0.717) is 0 Å². The molecule has 0 radical (unpaired) electrons. The SMILES string of the molecule is O=C(Nc1cc(C(F)(F)F)ccc1OC1CCCCC1)OCC(Cl)(Cl)Cl. The van der Waals surface area contributed by atoms with E-state index in [1.807, 2.05) is 0 Å². The average molecular weight is 435 g/mol. The largest absolute Gasteiger partial charge is 0.488 e. The second kappa shape index (κ2) is 8.76. The molecule has 0 unspecified atom stereocenters. The van der Waals surface area contributed by atoms with Crippen molar-refractivity contribution >= 4 is 46.6 Å². The lowest BCUT2D eigenvalue weighted by Gasteiger charge is -2.25. The van der Waals surface area contributed by atoms with E-state index >= 15 is 0 Å². The first-order valence-electron chi connectivity index (χ1n) is 7.93. The van der Waals surface area contributed by atoms with Gasteiger partial charge in [0, 0.05) is 0 Å². The van der Waals surface area contributed by atoms with Crippen molar-refractivity contribution in [2.24, 2.45) is 0 Å². The van der Waals surface area contributed by atoms with Gasteiger partial charge in [0.2, 0.25) is 3.79 Å². The summed E-state index contributed by atoms with van der Waals surface area (Å²) in [6.45, 7) is -0.554. The van der Waals surface area contributed by atoms with Gasteiger partial charge in [0.05, 0.1) is 17.4 Å². The summed E-state index contributed by atoms with van der Waals surface area (Å²) in [4.78, 5) is 11.8. The highest BCUT2D eigenvalue weighted by molar-refractivity contribution is 6.67. The molecule has 0 spiro atoms. The highest BCUT2D eigenvalue weighted by Crippen LogP contribution is 2.36. The zero-order chi connectivity index (χ0) is 19.4. The van der Waals surface area contributed by atoms with Crippen molar-refractivity contribution in [1.82, 2.24) is 0 Å². The van der Waals surface area contributed by atoms with Crippen LogP contribution in [0.1, 0.15) is 37.7 Å². The van der Waals surface area contributed by atoms with Gasteiger partial charge in [-0.1, -0.05) is 41.2 Å². The predicted octanol–water partition coefficient (Wildman–Crippen LogP) is 6.34. The van der Waals surface area contributed by atoms with Gasteiger partial charge in [-0.05, 0) is 43.9 Å². The van der Waals surface area contributed by atoms with Gasteiger partial charge in [0.1, 0.15) is 12.4 Å². The van der Waals surface area contributed by atoms with Gasteiger partial charge < -0.3 is 9.47 Å². The molecule has 0 atom stereocenters. The number of rotatable bonds is 4. The lowest BCUT2D eigenvalue weighted by Crippen LogP contribution is -2.23. The molecular weight excluding hydrogens is 418 g/mol. The van der Waals surface area contributed by atoms with Crippen molar-refractivity contribution in [3.05, 3.63) is 23.8 Å². The summed E-state index contributed by atoms with van der Waals surface area (Å²) in [5, 5.41) is 2.22. The van der Waals surface area contributed by atoms with Crippen LogP contribution in [-0.4, -0.2) is 22.6 Å². The van der Waals surface area contributed by atoms with Crippen LogP contribution < -0.4 is 10.1 Å². The van der Waals surface area contributed by atoms with Crippen LogP contribution in [0.4, 0.5) is 23.7 Å². The summed E-state index contributed by atoms with van der Waals surface area (Å²) in [5.41, 5.74) is -1.08. The number of halogens is 6. The van der Waals surface area contributed by atoms with Crippen LogP contribution in [0.2, 0.25) is 0 Å². The van der Waals surface area contributed by atoms with Crippen molar-refractivity contribution < 1.29 is 27.4 Å². The molecule has 1 fully saturated rings. The van der Waals surface area contributed by atoms with Crippen LogP contribution in [-0.2, 0) is 10.9 Å². The molecule has 4 nitrogen and oxygen atoms in total. The second-order valence-electron chi connectivity index (χ2n) is 5.90. The Kier molecular flexibility index (Phi) is 7.16. The molecule has 1 aliphatic carbocycles. The van der Waals surface area contributed by atoms with Gasteiger partial charge in [-0.15, -0.1) is 0 Å². The van der Waals surface area contributed by atoms with Crippen LogP contribution in [0.5, 0.6) is 5.75 Å². The Balaban J connectivity index is 2.16. The molecule has 0 heterocycles. The molecule has 1 aromatic rings. The first-order chi connectivity index (χ1) is 12.0. The Morgan fingerprint density at radius 2 is 1.81 bits per heavy atom. The highest BCUT2D eigenvalue weighted by atomic mass is 35.6. The Hall–Kier alpha value is -1.05. The molecular formula is C16H17Cl3F3NO3. The van der Waals surface area contributed by atoms with Gasteiger partial charge in [0.25, 0.3) is 0 Å². The number of alkyl halides is 6. The molecule has 146 valence electrons. The zero-order valence-electron chi connectivity index (χ0n) is 13.5. The smallest absolute Gasteiger partial charge is 0.416 e. The maximum Gasteiger partial charge on any atom is 0.416 e. The first kappa shape index (κ1) is 21.3. The molecule has 0 saturated heterocycles. The first-order valence-corrected chi connectivity index (χ1v) is 9.06. The molecule has 0 aromatic heterocycles. The molecule has 1 aromatic carbocycles. The van der Waals surface area contributed by atoms with Crippen molar-refractivity contribution in [1.29, 1.82) is 0 Å². The van der Waals surface area contributed by atoms with E-state index in [9.17, 15) is 18.0 Å². The molecule has 1 saturated carbocycles. The van der Waals surface area contributed by atoms with E-state index < -0.39 is 28.2 Å². The monoisotopic (exact) mass is 433 g/mol. The minimum absolute atomic E-state index is 0.113. The Bertz CT molecular complexity index is 629. The molecule has 1 N–H and O–H groups in total. The number of carbonyl (C=O) groups excluding carboxylic acids is 1. The number of anilines is 1. The fraction of sp³-hybridized carbons (Fsp3) is 0.562. The third-order valence-electron chi connectivity index (χ3n) is 3.76. The quantitative estimate of drug-likeness (QED) is 0.563. The van der Waals surface area contributed by atoms with Gasteiger partial charge in [0.15, 0.2) is 0 Å². The van der Waals surface area contributed by atoms with Gasteiger partial charge >= 0.3 is 12.3 Å². The van der Waals surface area contributed by atoms with E-state index in [4.69, 9.17) is 44.3 Å². The third-order valence-corrected chi connectivity index (χ3v) is 4.08. The average Bonchev–Trinajstić information content (AvgIpc) is 2.54. The number of hydrogen-bond donors (Lipinski definition) is 1. The summed E-state index contributed by atoms with van der Waals surface area (Å²) in [5.74, 6) is 0.135. The van der Waals surface area contributed by atoms with Crippen LogP contribution in [0.3, 0.4) is 0 Å². The predicted molar refractivity (Wildman–Crippen MR) is 94.2 cm³/mol. The molecule has 1 amide bonds. The fourth-order valence-corrected chi connectivity index (χ4v) is 2.73. The molecule has 26 heavy (non-hydrogen) atoms. The van der Waals surface area contributed by atoms with E-state index in [1.165, 1.54) is 6.07 Å². The number of nitrogens with one attached hydrogen (secondary N) is 1. The molecule has 0 aliphatic heterocycles. The Labute approximate surface area is 163 Å². The van der Waals surface area contributed by atoms with Crippen molar-refractivity contribution in [2.75, 3.05) is 11.9 Å².